The normalized spacial score (nSPS) is 11.0. The molecule has 3 aromatic rings. The average molecular weight is 325 g/mol. The fraction of sp³-hybridized carbons (Fsp3) is 0.250. The van der Waals surface area contributed by atoms with Gasteiger partial charge in [-0.2, -0.15) is 5.10 Å². The lowest BCUT2D eigenvalue weighted by molar-refractivity contribution is 0.686. The molecule has 0 aliphatic heterocycles. The minimum atomic E-state index is 0.770. The van der Waals surface area contributed by atoms with Crippen LogP contribution in [-0.2, 0) is 6.54 Å². The van der Waals surface area contributed by atoms with E-state index in [1.807, 2.05) is 13.0 Å². The summed E-state index contributed by atoms with van der Waals surface area (Å²) < 4.78 is 2.10. The molecule has 23 heavy (non-hydrogen) atoms. The number of aryl methyl sites for hydroxylation is 3. The second-order valence-corrected chi connectivity index (χ2v) is 6.57. The molecule has 1 heterocycles. The lowest BCUT2D eigenvalue weighted by atomic mass is 10.0. The lowest BCUT2D eigenvalue weighted by Gasteiger charge is -2.11. The molecule has 0 aliphatic carbocycles. The van der Waals surface area contributed by atoms with E-state index in [0.29, 0.717) is 0 Å². The van der Waals surface area contributed by atoms with Crippen LogP contribution < -0.4 is 0 Å². The maximum atomic E-state index is 6.18. The Hall–Kier alpha value is -2.06. The summed E-state index contributed by atoms with van der Waals surface area (Å²) in [6.45, 7) is 9.11. The molecule has 0 unspecified atom stereocenters. The van der Waals surface area contributed by atoms with Gasteiger partial charge < -0.3 is 0 Å². The molecule has 0 saturated carbocycles. The molecule has 3 heteroatoms. The van der Waals surface area contributed by atoms with Gasteiger partial charge in [0.2, 0.25) is 0 Å². The summed E-state index contributed by atoms with van der Waals surface area (Å²) in [7, 11) is 0. The molecule has 1 aromatic heterocycles. The zero-order valence-corrected chi connectivity index (χ0v) is 14.8. The van der Waals surface area contributed by atoms with Crippen LogP contribution in [0.15, 0.2) is 42.5 Å². The van der Waals surface area contributed by atoms with E-state index in [-0.39, 0.29) is 0 Å². The molecule has 2 aromatic carbocycles. The third-order valence-corrected chi connectivity index (χ3v) is 4.74. The summed E-state index contributed by atoms with van der Waals surface area (Å²) in [5, 5.41) is 5.54. The van der Waals surface area contributed by atoms with E-state index in [2.05, 4.69) is 61.9 Å². The summed E-state index contributed by atoms with van der Waals surface area (Å²) in [6, 6.07) is 14.8. The van der Waals surface area contributed by atoms with E-state index >= 15 is 0 Å². The molecule has 2 nitrogen and oxygen atoms in total. The number of nitrogens with zero attached hydrogens (tertiary/aromatic N) is 2. The van der Waals surface area contributed by atoms with Crippen LogP contribution >= 0.6 is 11.6 Å². The predicted octanol–water partition coefficient (Wildman–Crippen LogP) is 5.49. The number of hydrogen-bond donors (Lipinski definition) is 0. The number of rotatable bonds is 3. The van der Waals surface area contributed by atoms with Gasteiger partial charge >= 0.3 is 0 Å². The van der Waals surface area contributed by atoms with E-state index in [1.54, 1.807) is 0 Å². The van der Waals surface area contributed by atoms with Crippen LogP contribution in [0.1, 0.15) is 27.9 Å². The first-order valence-corrected chi connectivity index (χ1v) is 8.19. The van der Waals surface area contributed by atoms with Gasteiger partial charge in [-0.25, -0.2) is 0 Å². The zero-order chi connectivity index (χ0) is 16.6. The van der Waals surface area contributed by atoms with Gasteiger partial charge in [-0.3, -0.25) is 4.68 Å². The van der Waals surface area contributed by atoms with Crippen molar-refractivity contribution in [1.29, 1.82) is 0 Å². The van der Waals surface area contributed by atoms with Gasteiger partial charge in [0, 0.05) is 10.6 Å². The van der Waals surface area contributed by atoms with Crippen LogP contribution in [0, 0.1) is 27.7 Å². The summed E-state index contributed by atoms with van der Waals surface area (Å²) in [4.78, 5) is 0. The summed E-state index contributed by atoms with van der Waals surface area (Å²) in [5.41, 5.74) is 8.24. The van der Waals surface area contributed by atoms with Crippen molar-refractivity contribution in [3.05, 3.63) is 75.4 Å². The summed E-state index contributed by atoms with van der Waals surface area (Å²) in [5.74, 6) is 0. The maximum absolute atomic E-state index is 6.18. The van der Waals surface area contributed by atoms with Crippen LogP contribution in [0.4, 0.5) is 0 Å². The van der Waals surface area contributed by atoms with Crippen molar-refractivity contribution in [2.24, 2.45) is 0 Å². The van der Waals surface area contributed by atoms with Crippen molar-refractivity contribution in [1.82, 2.24) is 9.78 Å². The van der Waals surface area contributed by atoms with Gasteiger partial charge in [-0.05, 0) is 56.5 Å². The van der Waals surface area contributed by atoms with Crippen molar-refractivity contribution in [2.45, 2.75) is 34.2 Å². The second kappa shape index (κ2) is 6.21. The van der Waals surface area contributed by atoms with Crippen LogP contribution in [0.2, 0.25) is 5.02 Å². The van der Waals surface area contributed by atoms with Crippen molar-refractivity contribution in [3.8, 4) is 11.3 Å². The molecule has 0 saturated heterocycles. The molecule has 0 fully saturated rings. The van der Waals surface area contributed by atoms with Crippen molar-refractivity contribution < 1.29 is 0 Å². The van der Waals surface area contributed by atoms with E-state index in [1.165, 1.54) is 22.4 Å². The minimum Gasteiger partial charge on any atom is -0.260 e. The number of aromatic nitrogens is 2. The van der Waals surface area contributed by atoms with Gasteiger partial charge in [-0.1, -0.05) is 47.5 Å². The molecule has 0 bridgehead atoms. The van der Waals surface area contributed by atoms with Gasteiger partial charge in [0.05, 0.1) is 17.9 Å². The Kier molecular flexibility index (Phi) is 4.27. The molecule has 118 valence electrons. The second-order valence-electron chi connectivity index (χ2n) is 6.17. The molecule has 0 N–H and O–H groups in total. The van der Waals surface area contributed by atoms with Crippen molar-refractivity contribution in [3.63, 3.8) is 0 Å². The van der Waals surface area contributed by atoms with Crippen molar-refractivity contribution >= 4 is 11.6 Å². The first kappa shape index (κ1) is 15.8. The smallest absolute Gasteiger partial charge is 0.0718 e. The molecule has 0 atom stereocenters. The fourth-order valence-electron chi connectivity index (χ4n) is 2.81. The Labute approximate surface area is 142 Å². The molecular formula is C20H21ClN2. The third kappa shape index (κ3) is 3.18. The quantitative estimate of drug-likeness (QED) is 0.623. The van der Waals surface area contributed by atoms with Gasteiger partial charge in [-0.15, -0.1) is 0 Å². The Morgan fingerprint density at radius 1 is 0.957 bits per heavy atom. The Balaban J connectivity index is 2.06. The Bertz CT molecular complexity index is 845. The molecule has 0 radical (unpaired) electrons. The number of benzene rings is 2. The molecular weight excluding hydrogens is 304 g/mol. The first-order chi connectivity index (χ1) is 11.0. The first-order valence-electron chi connectivity index (χ1n) is 7.82. The Morgan fingerprint density at radius 2 is 1.65 bits per heavy atom. The fourth-order valence-corrected chi connectivity index (χ4v) is 2.93. The van der Waals surface area contributed by atoms with Gasteiger partial charge in [0.25, 0.3) is 0 Å². The van der Waals surface area contributed by atoms with Crippen LogP contribution in [0.5, 0.6) is 0 Å². The molecule has 0 aliphatic rings. The van der Waals surface area contributed by atoms with Crippen molar-refractivity contribution in [2.75, 3.05) is 0 Å². The molecule has 0 amide bonds. The largest absolute Gasteiger partial charge is 0.260 e. The third-order valence-electron chi connectivity index (χ3n) is 4.31. The Morgan fingerprint density at radius 3 is 2.30 bits per heavy atom. The van der Waals surface area contributed by atoms with Crippen LogP contribution in [-0.4, -0.2) is 9.78 Å². The van der Waals surface area contributed by atoms with E-state index < -0.39 is 0 Å². The minimum absolute atomic E-state index is 0.770. The van der Waals surface area contributed by atoms with E-state index in [4.69, 9.17) is 16.7 Å². The van der Waals surface area contributed by atoms with E-state index in [9.17, 15) is 0 Å². The topological polar surface area (TPSA) is 17.8 Å². The average Bonchev–Trinajstić information content (AvgIpc) is 2.79. The molecule has 0 spiro atoms. The van der Waals surface area contributed by atoms with Gasteiger partial charge in [0.1, 0.15) is 0 Å². The summed E-state index contributed by atoms with van der Waals surface area (Å²) in [6.07, 6.45) is 0. The highest BCUT2D eigenvalue weighted by Gasteiger charge is 2.14. The zero-order valence-electron chi connectivity index (χ0n) is 14.0. The number of halogens is 1. The van der Waals surface area contributed by atoms with Crippen LogP contribution in [0.25, 0.3) is 11.3 Å². The molecule has 3 rings (SSSR count). The highest BCUT2D eigenvalue weighted by atomic mass is 35.5. The SMILES string of the molecule is Cc1ccc(Cn2nc(C)c(C)c2-c2ccc(Cl)c(C)c2)cc1. The van der Waals surface area contributed by atoms with Gasteiger partial charge in [0.15, 0.2) is 0 Å². The number of hydrogen-bond acceptors (Lipinski definition) is 1. The lowest BCUT2D eigenvalue weighted by Crippen LogP contribution is -2.04. The highest BCUT2D eigenvalue weighted by molar-refractivity contribution is 6.31. The predicted molar refractivity (Wildman–Crippen MR) is 97.2 cm³/mol. The summed E-state index contributed by atoms with van der Waals surface area (Å²) >= 11 is 6.18. The monoisotopic (exact) mass is 324 g/mol. The standard InChI is InChI=1S/C20H21ClN2/c1-13-5-7-17(8-6-13)12-23-20(15(3)16(4)22-23)18-9-10-19(21)14(2)11-18/h5-11H,12H2,1-4H3. The maximum Gasteiger partial charge on any atom is 0.0718 e. The highest BCUT2D eigenvalue weighted by Crippen LogP contribution is 2.29. The van der Waals surface area contributed by atoms with E-state index in [0.717, 1.165) is 28.4 Å². The van der Waals surface area contributed by atoms with Crippen LogP contribution in [0.3, 0.4) is 0 Å².